The molecule has 0 aliphatic carbocycles. The van der Waals surface area contributed by atoms with E-state index in [1.807, 2.05) is 56.4 Å². The number of aryl methyl sites for hydroxylation is 2. The molecule has 4 heteroatoms. The minimum atomic E-state index is -0.0321. The van der Waals surface area contributed by atoms with Crippen molar-refractivity contribution in [2.24, 2.45) is 0 Å². The van der Waals surface area contributed by atoms with Crippen LogP contribution in [0.2, 0.25) is 0 Å². The summed E-state index contributed by atoms with van der Waals surface area (Å²) in [6, 6.07) is 14.0. The van der Waals surface area contributed by atoms with Crippen LogP contribution < -0.4 is 10.1 Å². The van der Waals surface area contributed by atoms with E-state index in [1.54, 1.807) is 6.20 Å². The summed E-state index contributed by atoms with van der Waals surface area (Å²) in [7, 11) is 0. The van der Waals surface area contributed by atoms with E-state index >= 15 is 0 Å². The molecule has 0 spiro atoms. The molecule has 0 bridgehead atoms. The van der Waals surface area contributed by atoms with Crippen molar-refractivity contribution in [1.82, 2.24) is 4.98 Å². The van der Waals surface area contributed by atoms with Gasteiger partial charge in [0.25, 0.3) is 0 Å². The number of nitrogens with zero attached hydrogens (tertiary/aromatic N) is 1. The molecule has 0 unspecified atom stereocenters. The Labute approximate surface area is 152 Å². The number of ether oxygens (including phenoxy) is 1. The van der Waals surface area contributed by atoms with Gasteiger partial charge in [0.05, 0.1) is 6.42 Å². The molecular formula is C22H20N2O2. The van der Waals surface area contributed by atoms with Gasteiger partial charge in [0.15, 0.2) is 0 Å². The zero-order chi connectivity index (χ0) is 18.1. The SMILES string of the molecule is Cc1cc(C)cc(CC(=O)Nc2ccc3c(c2)OCc2cnccc2-3)c1. The quantitative estimate of drug-likeness (QED) is 0.764. The Morgan fingerprint density at radius 3 is 2.69 bits per heavy atom. The predicted molar refractivity (Wildman–Crippen MR) is 102 cm³/mol. The summed E-state index contributed by atoms with van der Waals surface area (Å²) in [5, 5.41) is 2.97. The van der Waals surface area contributed by atoms with Gasteiger partial charge in [-0.25, -0.2) is 0 Å². The second kappa shape index (κ2) is 6.64. The number of carbonyl (C=O) groups excluding carboxylic acids is 1. The largest absolute Gasteiger partial charge is 0.488 e. The van der Waals surface area contributed by atoms with Crippen molar-refractivity contribution >= 4 is 11.6 Å². The summed E-state index contributed by atoms with van der Waals surface area (Å²) in [6.45, 7) is 4.58. The van der Waals surface area contributed by atoms with Gasteiger partial charge >= 0.3 is 0 Å². The molecule has 1 amide bonds. The van der Waals surface area contributed by atoms with Crippen LogP contribution in [0.4, 0.5) is 5.69 Å². The first kappa shape index (κ1) is 16.3. The monoisotopic (exact) mass is 344 g/mol. The van der Waals surface area contributed by atoms with Gasteiger partial charge in [-0.15, -0.1) is 0 Å². The lowest BCUT2D eigenvalue weighted by Gasteiger charge is -2.21. The summed E-state index contributed by atoms with van der Waals surface area (Å²) >= 11 is 0. The van der Waals surface area contributed by atoms with E-state index in [1.165, 1.54) is 11.1 Å². The van der Waals surface area contributed by atoms with E-state index in [9.17, 15) is 4.79 Å². The zero-order valence-corrected chi connectivity index (χ0v) is 14.9. The molecule has 130 valence electrons. The minimum absolute atomic E-state index is 0.0321. The van der Waals surface area contributed by atoms with Gasteiger partial charge in [-0.1, -0.05) is 29.3 Å². The maximum atomic E-state index is 12.4. The Morgan fingerprint density at radius 1 is 1.08 bits per heavy atom. The molecule has 26 heavy (non-hydrogen) atoms. The van der Waals surface area contributed by atoms with Crippen molar-refractivity contribution in [3.8, 4) is 16.9 Å². The molecule has 4 rings (SSSR count). The van der Waals surface area contributed by atoms with Crippen LogP contribution in [0, 0.1) is 13.8 Å². The lowest BCUT2D eigenvalue weighted by Crippen LogP contribution is -2.15. The summed E-state index contributed by atoms with van der Waals surface area (Å²) in [5.74, 6) is 0.753. The van der Waals surface area contributed by atoms with E-state index in [-0.39, 0.29) is 5.91 Å². The number of rotatable bonds is 3. The molecule has 0 radical (unpaired) electrons. The molecule has 3 aromatic rings. The molecular weight excluding hydrogens is 324 g/mol. The van der Waals surface area contributed by atoms with Crippen LogP contribution in [0.5, 0.6) is 5.75 Å². The Bertz CT molecular complexity index is 975. The minimum Gasteiger partial charge on any atom is -0.488 e. The Hall–Kier alpha value is -3.14. The van der Waals surface area contributed by atoms with Gasteiger partial charge < -0.3 is 10.1 Å². The average molecular weight is 344 g/mol. The number of fused-ring (bicyclic) bond motifs is 3. The number of anilines is 1. The highest BCUT2D eigenvalue weighted by atomic mass is 16.5. The van der Waals surface area contributed by atoms with E-state index in [4.69, 9.17) is 4.74 Å². The van der Waals surface area contributed by atoms with Gasteiger partial charge in [-0.3, -0.25) is 9.78 Å². The highest BCUT2D eigenvalue weighted by molar-refractivity contribution is 5.93. The lowest BCUT2D eigenvalue weighted by molar-refractivity contribution is -0.115. The Morgan fingerprint density at radius 2 is 1.88 bits per heavy atom. The zero-order valence-electron chi connectivity index (χ0n) is 14.9. The maximum Gasteiger partial charge on any atom is 0.228 e. The van der Waals surface area contributed by atoms with Crippen molar-refractivity contribution in [1.29, 1.82) is 0 Å². The van der Waals surface area contributed by atoms with Crippen LogP contribution in [0.3, 0.4) is 0 Å². The molecule has 0 atom stereocenters. The van der Waals surface area contributed by atoms with Gasteiger partial charge in [0, 0.05) is 35.3 Å². The molecule has 1 aromatic heterocycles. The standard InChI is InChI=1S/C22H20N2O2/c1-14-7-15(2)9-16(8-14)10-22(25)24-18-3-4-20-19-5-6-23-12-17(19)13-26-21(20)11-18/h3-9,11-12H,10,13H2,1-2H3,(H,24,25). The molecule has 2 aromatic carbocycles. The van der Waals surface area contributed by atoms with Gasteiger partial charge in [0.1, 0.15) is 12.4 Å². The first-order chi connectivity index (χ1) is 12.6. The first-order valence-electron chi connectivity index (χ1n) is 8.65. The molecule has 4 nitrogen and oxygen atoms in total. The van der Waals surface area contributed by atoms with E-state index < -0.39 is 0 Å². The number of nitrogens with one attached hydrogen (secondary N) is 1. The fourth-order valence-electron chi connectivity index (χ4n) is 3.46. The van der Waals surface area contributed by atoms with E-state index in [0.29, 0.717) is 13.0 Å². The van der Waals surface area contributed by atoms with Gasteiger partial charge in [-0.2, -0.15) is 0 Å². The van der Waals surface area contributed by atoms with Crippen LogP contribution in [0.1, 0.15) is 22.3 Å². The van der Waals surface area contributed by atoms with Crippen LogP contribution in [-0.4, -0.2) is 10.9 Å². The highest BCUT2D eigenvalue weighted by Gasteiger charge is 2.17. The lowest BCUT2D eigenvalue weighted by atomic mass is 9.98. The third-order valence-electron chi connectivity index (χ3n) is 4.49. The number of aromatic nitrogens is 1. The second-order valence-electron chi connectivity index (χ2n) is 6.75. The molecule has 1 aliphatic heterocycles. The number of pyridine rings is 1. The van der Waals surface area contributed by atoms with E-state index in [0.717, 1.165) is 33.7 Å². The predicted octanol–water partition coefficient (Wildman–Crippen LogP) is 4.44. The maximum absolute atomic E-state index is 12.4. The van der Waals surface area contributed by atoms with Crippen molar-refractivity contribution in [3.05, 3.63) is 77.1 Å². The van der Waals surface area contributed by atoms with Crippen LogP contribution >= 0.6 is 0 Å². The van der Waals surface area contributed by atoms with Crippen LogP contribution in [0.25, 0.3) is 11.1 Å². The molecule has 1 aliphatic rings. The van der Waals surface area contributed by atoms with Crippen LogP contribution in [0.15, 0.2) is 54.9 Å². The molecule has 0 fully saturated rings. The Balaban J connectivity index is 1.52. The number of amides is 1. The topological polar surface area (TPSA) is 51.2 Å². The van der Waals surface area contributed by atoms with Crippen molar-refractivity contribution in [3.63, 3.8) is 0 Å². The molecule has 0 saturated carbocycles. The molecule has 0 saturated heterocycles. The van der Waals surface area contributed by atoms with Crippen LogP contribution in [-0.2, 0) is 17.8 Å². The van der Waals surface area contributed by atoms with Crippen molar-refractivity contribution in [2.75, 3.05) is 5.32 Å². The Kier molecular flexibility index (Phi) is 4.17. The summed E-state index contributed by atoms with van der Waals surface area (Å²) in [4.78, 5) is 16.6. The number of carbonyl (C=O) groups is 1. The smallest absolute Gasteiger partial charge is 0.228 e. The number of benzene rings is 2. The normalized spacial score (nSPS) is 11.9. The average Bonchev–Trinajstić information content (AvgIpc) is 2.60. The van der Waals surface area contributed by atoms with Crippen molar-refractivity contribution in [2.45, 2.75) is 26.9 Å². The summed E-state index contributed by atoms with van der Waals surface area (Å²) < 4.78 is 5.83. The highest BCUT2D eigenvalue weighted by Crippen LogP contribution is 2.38. The third-order valence-corrected chi connectivity index (χ3v) is 4.49. The van der Waals surface area contributed by atoms with Crippen molar-refractivity contribution < 1.29 is 9.53 Å². The fourth-order valence-corrected chi connectivity index (χ4v) is 3.46. The van der Waals surface area contributed by atoms with Gasteiger partial charge in [0.2, 0.25) is 5.91 Å². The fraction of sp³-hybridized carbons (Fsp3) is 0.182. The third kappa shape index (κ3) is 3.31. The second-order valence-corrected chi connectivity index (χ2v) is 6.75. The summed E-state index contributed by atoms with van der Waals surface area (Å²) in [6.07, 6.45) is 3.97. The number of hydrogen-bond donors (Lipinski definition) is 1. The van der Waals surface area contributed by atoms with E-state index in [2.05, 4.69) is 16.4 Å². The molecule has 1 N–H and O–H groups in total. The van der Waals surface area contributed by atoms with Gasteiger partial charge in [-0.05, 0) is 43.2 Å². The molecule has 2 heterocycles. The first-order valence-corrected chi connectivity index (χ1v) is 8.65. The summed E-state index contributed by atoms with van der Waals surface area (Å²) in [5.41, 5.74) is 7.35. The number of hydrogen-bond acceptors (Lipinski definition) is 3.